The normalized spacial score (nSPS) is 16.5. The summed E-state index contributed by atoms with van der Waals surface area (Å²) in [7, 11) is 0. The zero-order valence-electron chi connectivity index (χ0n) is 13.8. The number of nitrogens with zero attached hydrogens (tertiary/aromatic N) is 4. The van der Waals surface area contributed by atoms with Crippen LogP contribution in [0.1, 0.15) is 11.3 Å². The summed E-state index contributed by atoms with van der Waals surface area (Å²) in [6.07, 6.45) is 5.72. The van der Waals surface area contributed by atoms with E-state index in [1.807, 2.05) is 24.7 Å². The minimum atomic E-state index is 0.933. The summed E-state index contributed by atoms with van der Waals surface area (Å²) in [4.78, 5) is 13.8. The Morgan fingerprint density at radius 1 is 0.792 bits per heavy atom. The molecule has 122 valence electrons. The number of benzene rings is 1. The monoisotopic (exact) mass is 318 g/mol. The molecule has 1 aliphatic rings. The molecule has 1 saturated heterocycles. The van der Waals surface area contributed by atoms with E-state index in [9.17, 15) is 0 Å². The lowest BCUT2D eigenvalue weighted by Gasteiger charge is -2.34. The van der Waals surface area contributed by atoms with Crippen LogP contribution in [-0.2, 0) is 13.1 Å². The maximum atomic E-state index is 4.62. The van der Waals surface area contributed by atoms with Crippen molar-refractivity contribution in [3.8, 4) is 0 Å². The van der Waals surface area contributed by atoms with Crippen LogP contribution in [0.15, 0.2) is 61.1 Å². The summed E-state index contributed by atoms with van der Waals surface area (Å²) in [6, 6.07) is 14.8. The van der Waals surface area contributed by atoms with Crippen molar-refractivity contribution in [3.05, 3.63) is 72.3 Å². The van der Waals surface area contributed by atoms with Crippen molar-refractivity contribution in [2.24, 2.45) is 0 Å². The molecule has 4 heteroatoms. The molecule has 0 unspecified atom stereocenters. The summed E-state index contributed by atoms with van der Waals surface area (Å²) < 4.78 is 0. The maximum Gasteiger partial charge on any atom is 0.0622 e. The summed E-state index contributed by atoms with van der Waals surface area (Å²) in [6.45, 7) is 6.30. The van der Waals surface area contributed by atoms with Crippen LogP contribution in [-0.4, -0.2) is 45.9 Å². The first kappa shape index (κ1) is 15.2. The fourth-order valence-corrected chi connectivity index (χ4v) is 3.38. The average molecular weight is 318 g/mol. The molecule has 1 aliphatic heterocycles. The molecule has 0 radical (unpaired) electrons. The van der Waals surface area contributed by atoms with Gasteiger partial charge < -0.3 is 0 Å². The van der Waals surface area contributed by atoms with E-state index in [-0.39, 0.29) is 0 Å². The Morgan fingerprint density at radius 3 is 2.38 bits per heavy atom. The average Bonchev–Trinajstić information content (AvgIpc) is 2.65. The molecule has 0 spiro atoms. The highest BCUT2D eigenvalue weighted by Crippen LogP contribution is 2.18. The summed E-state index contributed by atoms with van der Waals surface area (Å²) in [5.41, 5.74) is 2.48. The third-order valence-corrected chi connectivity index (χ3v) is 4.72. The SMILES string of the molecule is c1cncc(CN2CCN(Cc3nccc4ccccc34)CC2)c1. The van der Waals surface area contributed by atoms with Gasteiger partial charge in [0.15, 0.2) is 0 Å². The lowest BCUT2D eigenvalue weighted by atomic mass is 10.1. The molecule has 2 aromatic heterocycles. The lowest BCUT2D eigenvalue weighted by Crippen LogP contribution is -2.45. The quantitative estimate of drug-likeness (QED) is 0.740. The van der Waals surface area contributed by atoms with Gasteiger partial charge in [0.05, 0.1) is 5.69 Å². The van der Waals surface area contributed by atoms with Crippen molar-refractivity contribution < 1.29 is 0 Å². The van der Waals surface area contributed by atoms with Crippen LogP contribution in [0.3, 0.4) is 0 Å². The summed E-state index contributed by atoms with van der Waals surface area (Å²) in [5, 5.41) is 2.55. The topological polar surface area (TPSA) is 32.3 Å². The molecule has 24 heavy (non-hydrogen) atoms. The van der Waals surface area contributed by atoms with Gasteiger partial charge in [0.1, 0.15) is 0 Å². The third kappa shape index (κ3) is 3.45. The molecule has 0 saturated carbocycles. The fraction of sp³-hybridized carbons (Fsp3) is 0.300. The van der Waals surface area contributed by atoms with E-state index in [1.165, 1.54) is 22.0 Å². The first-order valence-corrected chi connectivity index (χ1v) is 8.55. The van der Waals surface area contributed by atoms with E-state index in [2.05, 4.69) is 56.2 Å². The zero-order valence-corrected chi connectivity index (χ0v) is 13.8. The van der Waals surface area contributed by atoms with Crippen molar-refractivity contribution >= 4 is 10.8 Å². The smallest absolute Gasteiger partial charge is 0.0622 e. The Kier molecular flexibility index (Phi) is 4.49. The van der Waals surface area contributed by atoms with E-state index < -0.39 is 0 Å². The van der Waals surface area contributed by atoms with Gasteiger partial charge >= 0.3 is 0 Å². The van der Waals surface area contributed by atoms with Crippen molar-refractivity contribution in [1.82, 2.24) is 19.8 Å². The highest BCUT2D eigenvalue weighted by atomic mass is 15.3. The van der Waals surface area contributed by atoms with Crippen molar-refractivity contribution in [1.29, 1.82) is 0 Å². The van der Waals surface area contributed by atoms with Crippen LogP contribution in [0.25, 0.3) is 10.8 Å². The molecule has 4 nitrogen and oxygen atoms in total. The first-order chi connectivity index (χ1) is 11.9. The van der Waals surface area contributed by atoms with Gasteiger partial charge in [-0.15, -0.1) is 0 Å². The minimum absolute atomic E-state index is 0.933. The number of hydrogen-bond donors (Lipinski definition) is 0. The van der Waals surface area contributed by atoms with Gasteiger partial charge in [-0.2, -0.15) is 0 Å². The van der Waals surface area contributed by atoms with E-state index in [4.69, 9.17) is 0 Å². The van der Waals surface area contributed by atoms with E-state index in [0.29, 0.717) is 0 Å². The Hall–Kier alpha value is -2.30. The van der Waals surface area contributed by atoms with Crippen molar-refractivity contribution in [2.75, 3.05) is 26.2 Å². The second kappa shape index (κ2) is 7.07. The lowest BCUT2D eigenvalue weighted by molar-refractivity contribution is 0.121. The minimum Gasteiger partial charge on any atom is -0.296 e. The van der Waals surface area contributed by atoms with Crippen molar-refractivity contribution in [3.63, 3.8) is 0 Å². The number of piperazine rings is 1. The predicted molar refractivity (Wildman–Crippen MR) is 96.5 cm³/mol. The predicted octanol–water partition coefficient (Wildman–Crippen LogP) is 2.95. The van der Waals surface area contributed by atoms with Gasteiger partial charge in [-0.1, -0.05) is 30.3 Å². The van der Waals surface area contributed by atoms with E-state index in [0.717, 1.165) is 39.3 Å². The van der Waals surface area contributed by atoms with Gasteiger partial charge in [0, 0.05) is 63.2 Å². The molecule has 0 aliphatic carbocycles. The molecule has 0 amide bonds. The van der Waals surface area contributed by atoms with Crippen LogP contribution in [0, 0.1) is 0 Å². The number of rotatable bonds is 4. The van der Waals surface area contributed by atoms with Crippen LogP contribution in [0.4, 0.5) is 0 Å². The first-order valence-electron chi connectivity index (χ1n) is 8.55. The summed E-state index contributed by atoms with van der Waals surface area (Å²) >= 11 is 0. The largest absolute Gasteiger partial charge is 0.296 e. The number of aromatic nitrogens is 2. The molecule has 1 fully saturated rings. The van der Waals surface area contributed by atoms with Crippen LogP contribution in [0.2, 0.25) is 0 Å². The van der Waals surface area contributed by atoms with E-state index >= 15 is 0 Å². The fourth-order valence-electron chi connectivity index (χ4n) is 3.38. The Balaban J connectivity index is 1.38. The van der Waals surface area contributed by atoms with Gasteiger partial charge in [0.2, 0.25) is 0 Å². The Labute approximate surface area is 142 Å². The molecule has 1 aromatic carbocycles. The number of pyridine rings is 2. The third-order valence-electron chi connectivity index (χ3n) is 4.72. The Bertz CT molecular complexity index is 790. The summed E-state index contributed by atoms with van der Waals surface area (Å²) in [5.74, 6) is 0. The second-order valence-electron chi connectivity index (χ2n) is 6.39. The van der Waals surface area contributed by atoms with Crippen molar-refractivity contribution in [2.45, 2.75) is 13.1 Å². The van der Waals surface area contributed by atoms with Gasteiger partial charge in [0.25, 0.3) is 0 Å². The second-order valence-corrected chi connectivity index (χ2v) is 6.39. The van der Waals surface area contributed by atoms with Crippen LogP contribution >= 0.6 is 0 Å². The molecule has 3 heterocycles. The molecular formula is C20H22N4. The molecule has 4 rings (SSSR count). The molecule has 0 bridgehead atoms. The number of hydrogen-bond acceptors (Lipinski definition) is 4. The molecule has 0 atom stereocenters. The standard InChI is InChI=1S/C20H22N4/c1-2-6-19-18(5-1)7-9-22-20(19)16-24-12-10-23(11-13-24)15-17-4-3-8-21-14-17/h1-9,14H,10-13,15-16H2. The highest BCUT2D eigenvalue weighted by Gasteiger charge is 2.18. The van der Waals surface area contributed by atoms with E-state index in [1.54, 1.807) is 0 Å². The van der Waals surface area contributed by atoms with Gasteiger partial charge in [-0.3, -0.25) is 19.8 Å². The van der Waals surface area contributed by atoms with Gasteiger partial charge in [-0.25, -0.2) is 0 Å². The zero-order chi connectivity index (χ0) is 16.2. The number of fused-ring (bicyclic) bond motifs is 1. The molecule has 3 aromatic rings. The molecule has 0 N–H and O–H groups in total. The Morgan fingerprint density at radius 2 is 1.58 bits per heavy atom. The maximum absolute atomic E-state index is 4.62. The molecular weight excluding hydrogens is 296 g/mol. The van der Waals surface area contributed by atoms with Gasteiger partial charge in [-0.05, 0) is 23.1 Å². The highest BCUT2D eigenvalue weighted by molar-refractivity contribution is 5.84. The van der Waals surface area contributed by atoms with Crippen LogP contribution in [0.5, 0.6) is 0 Å². The van der Waals surface area contributed by atoms with Crippen LogP contribution < -0.4 is 0 Å².